The Morgan fingerprint density at radius 2 is 2.17 bits per heavy atom. The SMILES string of the molecule is COc1cccc2c1C(=O)C1(C=CC=CN1C)C2. The molecule has 0 bridgehead atoms. The number of benzene rings is 1. The minimum atomic E-state index is -0.564. The molecule has 0 saturated carbocycles. The van der Waals surface area contributed by atoms with Crippen molar-refractivity contribution in [2.45, 2.75) is 12.0 Å². The summed E-state index contributed by atoms with van der Waals surface area (Å²) in [4.78, 5) is 14.7. The van der Waals surface area contributed by atoms with Gasteiger partial charge in [0, 0.05) is 13.5 Å². The number of Topliss-reactive ketones (excluding diaryl/α,β-unsaturated/α-hetero) is 1. The van der Waals surface area contributed by atoms with E-state index in [9.17, 15) is 4.79 Å². The molecule has 3 rings (SSSR count). The van der Waals surface area contributed by atoms with E-state index in [0.29, 0.717) is 12.2 Å². The first kappa shape index (κ1) is 11.1. The maximum atomic E-state index is 12.8. The van der Waals surface area contributed by atoms with E-state index in [4.69, 9.17) is 4.74 Å². The predicted molar refractivity (Wildman–Crippen MR) is 69.8 cm³/mol. The van der Waals surface area contributed by atoms with Gasteiger partial charge in [0.1, 0.15) is 11.3 Å². The van der Waals surface area contributed by atoms with Crippen LogP contribution in [0.1, 0.15) is 15.9 Å². The van der Waals surface area contributed by atoms with Gasteiger partial charge in [0.15, 0.2) is 5.78 Å². The van der Waals surface area contributed by atoms with Gasteiger partial charge in [0.2, 0.25) is 0 Å². The Hall–Kier alpha value is -2.03. The molecular weight excluding hydrogens is 226 g/mol. The van der Waals surface area contributed by atoms with Gasteiger partial charge in [-0.15, -0.1) is 0 Å². The van der Waals surface area contributed by atoms with E-state index in [-0.39, 0.29) is 5.78 Å². The molecule has 1 spiro atoms. The molecule has 2 aliphatic rings. The molecule has 1 atom stereocenters. The minimum Gasteiger partial charge on any atom is -0.496 e. The lowest BCUT2D eigenvalue weighted by Gasteiger charge is -2.35. The number of ether oxygens (including phenoxy) is 1. The van der Waals surface area contributed by atoms with Crippen molar-refractivity contribution in [2.75, 3.05) is 14.2 Å². The van der Waals surface area contributed by atoms with Crippen molar-refractivity contribution in [1.82, 2.24) is 4.90 Å². The Labute approximate surface area is 106 Å². The number of nitrogens with zero attached hydrogens (tertiary/aromatic N) is 1. The van der Waals surface area contributed by atoms with Gasteiger partial charge in [-0.05, 0) is 23.9 Å². The van der Waals surface area contributed by atoms with Crippen molar-refractivity contribution >= 4 is 5.78 Å². The lowest BCUT2D eigenvalue weighted by Crippen LogP contribution is -2.48. The molecular formula is C15H15NO2. The van der Waals surface area contributed by atoms with E-state index in [1.54, 1.807) is 7.11 Å². The van der Waals surface area contributed by atoms with Crippen LogP contribution in [-0.2, 0) is 6.42 Å². The van der Waals surface area contributed by atoms with Crippen LogP contribution in [0.25, 0.3) is 0 Å². The highest BCUT2D eigenvalue weighted by atomic mass is 16.5. The highest BCUT2D eigenvalue weighted by Gasteiger charge is 2.47. The van der Waals surface area contributed by atoms with Crippen molar-refractivity contribution < 1.29 is 9.53 Å². The predicted octanol–water partition coefficient (Wildman–Crippen LogP) is 2.19. The summed E-state index contributed by atoms with van der Waals surface area (Å²) in [5.41, 5.74) is 1.23. The number of likely N-dealkylation sites (N-methyl/N-ethyl adjacent to an activating group) is 1. The van der Waals surface area contributed by atoms with Gasteiger partial charge in [-0.25, -0.2) is 0 Å². The van der Waals surface area contributed by atoms with E-state index in [1.165, 1.54) is 0 Å². The summed E-state index contributed by atoms with van der Waals surface area (Å²) in [7, 11) is 3.55. The second kappa shape index (κ2) is 3.73. The van der Waals surface area contributed by atoms with Crippen LogP contribution in [0.4, 0.5) is 0 Å². The second-order valence-electron chi connectivity index (χ2n) is 4.74. The molecule has 1 aliphatic carbocycles. The molecule has 3 nitrogen and oxygen atoms in total. The van der Waals surface area contributed by atoms with Crippen LogP contribution < -0.4 is 4.74 Å². The van der Waals surface area contributed by atoms with Gasteiger partial charge in [-0.1, -0.05) is 24.3 Å². The molecule has 92 valence electrons. The number of carbonyl (C=O) groups is 1. The minimum absolute atomic E-state index is 0.123. The Morgan fingerprint density at radius 3 is 2.89 bits per heavy atom. The first-order valence-electron chi connectivity index (χ1n) is 5.99. The maximum Gasteiger partial charge on any atom is 0.196 e. The second-order valence-corrected chi connectivity index (χ2v) is 4.74. The number of carbonyl (C=O) groups excluding carboxylic acids is 1. The Kier molecular flexibility index (Phi) is 2.30. The molecule has 0 amide bonds. The van der Waals surface area contributed by atoms with Gasteiger partial charge in [0.25, 0.3) is 0 Å². The lowest BCUT2D eigenvalue weighted by atomic mass is 9.90. The summed E-state index contributed by atoms with van der Waals surface area (Å²) in [6.07, 6.45) is 8.51. The van der Waals surface area contributed by atoms with Crippen molar-refractivity contribution in [1.29, 1.82) is 0 Å². The van der Waals surface area contributed by atoms with Gasteiger partial charge in [0.05, 0.1) is 12.7 Å². The molecule has 1 aromatic rings. The summed E-state index contributed by atoms with van der Waals surface area (Å²) >= 11 is 0. The molecule has 1 heterocycles. The number of allylic oxidation sites excluding steroid dienone is 2. The van der Waals surface area contributed by atoms with Crippen LogP contribution in [0.2, 0.25) is 0 Å². The molecule has 0 radical (unpaired) electrons. The first-order chi connectivity index (χ1) is 8.69. The van der Waals surface area contributed by atoms with Crippen LogP contribution >= 0.6 is 0 Å². The highest BCUT2D eigenvalue weighted by Crippen LogP contribution is 2.40. The molecule has 3 heteroatoms. The van der Waals surface area contributed by atoms with E-state index in [1.807, 2.05) is 54.6 Å². The van der Waals surface area contributed by atoms with Crippen molar-refractivity contribution in [2.24, 2.45) is 0 Å². The Balaban J connectivity index is 2.15. The summed E-state index contributed by atoms with van der Waals surface area (Å²) in [6, 6.07) is 5.79. The van der Waals surface area contributed by atoms with Crippen molar-refractivity contribution in [3.8, 4) is 5.75 Å². The summed E-state index contributed by atoms with van der Waals surface area (Å²) < 4.78 is 5.32. The number of hydrogen-bond acceptors (Lipinski definition) is 3. The largest absolute Gasteiger partial charge is 0.496 e. The fourth-order valence-corrected chi connectivity index (χ4v) is 2.80. The third-order valence-corrected chi connectivity index (χ3v) is 3.83. The maximum absolute atomic E-state index is 12.8. The Bertz CT molecular complexity index is 574. The fraction of sp³-hybridized carbons (Fsp3) is 0.267. The topological polar surface area (TPSA) is 29.5 Å². The molecule has 0 saturated heterocycles. The summed E-state index contributed by atoms with van der Waals surface area (Å²) in [5, 5.41) is 0. The van der Waals surface area contributed by atoms with Gasteiger partial charge >= 0.3 is 0 Å². The van der Waals surface area contributed by atoms with Crippen LogP contribution in [0, 0.1) is 0 Å². The van der Waals surface area contributed by atoms with E-state index in [2.05, 4.69) is 0 Å². The molecule has 1 aliphatic heterocycles. The van der Waals surface area contributed by atoms with Gasteiger partial charge < -0.3 is 9.64 Å². The third kappa shape index (κ3) is 1.27. The Morgan fingerprint density at radius 1 is 1.33 bits per heavy atom. The van der Waals surface area contributed by atoms with Crippen LogP contribution in [0.3, 0.4) is 0 Å². The van der Waals surface area contributed by atoms with E-state index in [0.717, 1.165) is 11.1 Å². The summed E-state index contributed by atoms with van der Waals surface area (Å²) in [6.45, 7) is 0. The fourth-order valence-electron chi connectivity index (χ4n) is 2.80. The van der Waals surface area contributed by atoms with Crippen molar-refractivity contribution in [3.05, 3.63) is 53.8 Å². The first-order valence-corrected chi connectivity index (χ1v) is 5.99. The molecule has 0 fully saturated rings. The van der Waals surface area contributed by atoms with E-state index >= 15 is 0 Å². The van der Waals surface area contributed by atoms with Crippen LogP contribution in [-0.4, -0.2) is 30.4 Å². The zero-order valence-electron chi connectivity index (χ0n) is 10.5. The van der Waals surface area contributed by atoms with Gasteiger partial charge in [-0.2, -0.15) is 0 Å². The average molecular weight is 241 g/mol. The number of ketones is 1. The van der Waals surface area contributed by atoms with E-state index < -0.39 is 5.54 Å². The monoisotopic (exact) mass is 241 g/mol. The number of rotatable bonds is 1. The standard InChI is InChI=1S/C15H15NO2/c1-16-9-4-3-8-15(16)10-11-6-5-7-12(18-2)13(11)14(15)17/h3-9H,10H2,1-2H3. The number of methoxy groups -OCH3 is 1. The zero-order valence-corrected chi connectivity index (χ0v) is 10.5. The smallest absolute Gasteiger partial charge is 0.196 e. The van der Waals surface area contributed by atoms with Gasteiger partial charge in [-0.3, -0.25) is 4.79 Å². The average Bonchev–Trinajstić information content (AvgIpc) is 2.67. The normalized spacial score (nSPS) is 24.8. The number of fused-ring (bicyclic) bond motifs is 1. The number of hydrogen-bond donors (Lipinski definition) is 0. The van der Waals surface area contributed by atoms with Crippen molar-refractivity contribution in [3.63, 3.8) is 0 Å². The molecule has 0 aromatic heterocycles. The summed E-state index contributed by atoms with van der Waals surface area (Å²) in [5.74, 6) is 0.795. The quantitative estimate of drug-likeness (QED) is 0.754. The van der Waals surface area contributed by atoms with Crippen LogP contribution in [0.15, 0.2) is 42.6 Å². The molecule has 1 unspecified atom stereocenters. The third-order valence-electron chi connectivity index (χ3n) is 3.83. The zero-order chi connectivity index (χ0) is 12.8. The van der Waals surface area contributed by atoms with Crippen LogP contribution in [0.5, 0.6) is 5.75 Å². The molecule has 1 aromatic carbocycles. The lowest BCUT2D eigenvalue weighted by molar-refractivity contribution is 0.0823. The highest BCUT2D eigenvalue weighted by molar-refractivity contribution is 6.11. The molecule has 18 heavy (non-hydrogen) atoms. The molecule has 0 N–H and O–H groups in total.